The summed E-state index contributed by atoms with van der Waals surface area (Å²) in [5.41, 5.74) is 0.653. The summed E-state index contributed by atoms with van der Waals surface area (Å²) in [6.07, 6.45) is 0.269. The van der Waals surface area contributed by atoms with E-state index in [9.17, 15) is 14.7 Å². The van der Waals surface area contributed by atoms with Crippen molar-refractivity contribution in [2.75, 3.05) is 6.54 Å². The van der Waals surface area contributed by atoms with E-state index in [0.29, 0.717) is 18.5 Å². The zero-order chi connectivity index (χ0) is 15.1. The molecule has 2 unspecified atom stereocenters. The Morgan fingerprint density at radius 1 is 1.25 bits per heavy atom. The molecule has 0 bridgehead atoms. The standard InChI is InChI=1S/C15H21NO4/c1-10(7-11(2)17)9-16-14(18)8-12-5-3-4-6-13(12)15(19)20/h3-6,10-11,17H,7-9H2,1-2H3,(H,16,18)(H,19,20). The number of aliphatic hydroxyl groups excluding tert-OH is 1. The number of rotatable bonds is 7. The lowest BCUT2D eigenvalue weighted by atomic mass is 10.0. The van der Waals surface area contributed by atoms with Crippen LogP contribution in [0.25, 0.3) is 0 Å². The molecule has 1 aromatic rings. The van der Waals surface area contributed by atoms with Crippen molar-refractivity contribution < 1.29 is 19.8 Å². The van der Waals surface area contributed by atoms with Crippen LogP contribution < -0.4 is 5.32 Å². The van der Waals surface area contributed by atoms with Crippen LogP contribution >= 0.6 is 0 Å². The van der Waals surface area contributed by atoms with Crippen molar-refractivity contribution in [3.63, 3.8) is 0 Å². The fraction of sp³-hybridized carbons (Fsp3) is 0.467. The van der Waals surface area contributed by atoms with E-state index in [-0.39, 0.29) is 23.8 Å². The number of aliphatic hydroxyl groups is 1. The first-order valence-corrected chi connectivity index (χ1v) is 6.66. The Hall–Kier alpha value is -1.88. The molecule has 110 valence electrons. The maximum atomic E-state index is 11.8. The van der Waals surface area contributed by atoms with Crippen molar-refractivity contribution >= 4 is 11.9 Å². The number of benzene rings is 1. The highest BCUT2D eigenvalue weighted by atomic mass is 16.4. The van der Waals surface area contributed by atoms with Crippen LogP contribution in [0.2, 0.25) is 0 Å². The van der Waals surface area contributed by atoms with Crippen LogP contribution in [-0.2, 0) is 11.2 Å². The fourth-order valence-corrected chi connectivity index (χ4v) is 2.07. The number of hydrogen-bond acceptors (Lipinski definition) is 3. The summed E-state index contributed by atoms with van der Waals surface area (Å²) in [5, 5.41) is 21.0. The van der Waals surface area contributed by atoms with Gasteiger partial charge in [-0.2, -0.15) is 0 Å². The fourth-order valence-electron chi connectivity index (χ4n) is 2.07. The second-order valence-corrected chi connectivity index (χ2v) is 5.13. The van der Waals surface area contributed by atoms with Crippen LogP contribution in [0.1, 0.15) is 36.2 Å². The predicted octanol–water partition coefficient (Wildman–Crippen LogP) is 1.45. The highest BCUT2D eigenvalue weighted by molar-refractivity contribution is 5.91. The average molecular weight is 279 g/mol. The molecule has 0 saturated heterocycles. The maximum Gasteiger partial charge on any atom is 0.335 e. The zero-order valence-electron chi connectivity index (χ0n) is 11.8. The van der Waals surface area contributed by atoms with Crippen molar-refractivity contribution in [1.82, 2.24) is 5.32 Å². The van der Waals surface area contributed by atoms with Crippen LogP contribution in [0.3, 0.4) is 0 Å². The molecule has 1 aromatic carbocycles. The van der Waals surface area contributed by atoms with Gasteiger partial charge in [0.15, 0.2) is 0 Å². The molecule has 0 saturated carbocycles. The van der Waals surface area contributed by atoms with Crippen LogP contribution in [0.15, 0.2) is 24.3 Å². The normalized spacial score (nSPS) is 13.6. The van der Waals surface area contributed by atoms with Crippen LogP contribution in [-0.4, -0.2) is 34.7 Å². The molecule has 20 heavy (non-hydrogen) atoms. The topological polar surface area (TPSA) is 86.6 Å². The molecule has 0 heterocycles. The minimum Gasteiger partial charge on any atom is -0.478 e. The van der Waals surface area contributed by atoms with E-state index in [1.54, 1.807) is 25.1 Å². The molecule has 0 aliphatic heterocycles. The third kappa shape index (κ3) is 5.40. The van der Waals surface area contributed by atoms with Crippen LogP contribution in [0.4, 0.5) is 0 Å². The summed E-state index contributed by atoms with van der Waals surface area (Å²) < 4.78 is 0. The van der Waals surface area contributed by atoms with E-state index >= 15 is 0 Å². The lowest BCUT2D eigenvalue weighted by molar-refractivity contribution is -0.120. The molecule has 0 radical (unpaired) electrons. The molecule has 1 rings (SSSR count). The van der Waals surface area contributed by atoms with Gasteiger partial charge in [-0.15, -0.1) is 0 Å². The highest BCUT2D eigenvalue weighted by Gasteiger charge is 2.13. The number of carbonyl (C=O) groups excluding carboxylic acids is 1. The summed E-state index contributed by atoms with van der Waals surface area (Å²) in [6, 6.07) is 6.48. The average Bonchev–Trinajstić information content (AvgIpc) is 2.36. The second-order valence-electron chi connectivity index (χ2n) is 5.13. The minimum atomic E-state index is -1.03. The predicted molar refractivity (Wildman–Crippen MR) is 75.6 cm³/mol. The molecular formula is C15H21NO4. The molecule has 5 nitrogen and oxygen atoms in total. The van der Waals surface area contributed by atoms with Gasteiger partial charge >= 0.3 is 5.97 Å². The number of amides is 1. The van der Waals surface area contributed by atoms with E-state index < -0.39 is 12.1 Å². The molecule has 0 aliphatic carbocycles. The van der Waals surface area contributed by atoms with Crippen molar-refractivity contribution in [3.8, 4) is 0 Å². The lowest BCUT2D eigenvalue weighted by Gasteiger charge is -2.14. The number of carboxylic acids is 1. The minimum absolute atomic E-state index is 0.0455. The number of carboxylic acid groups (broad SMARTS) is 1. The Bertz CT molecular complexity index is 471. The summed E-state index contributed by atoms with van der Waals surface area (Å²) in [7, 11) is 0. The zero-order valence-corrected chi connectivity index (χ0v) is 11.8. The molecule has 5 heteroatoms. The van der Waals surface area contributed by atoms with Crippen molar-refractivity contribution in [1.29, 1.82) is 0 Å². The molecule has 1 amide bonds. The molecule has 2 atom stereocenters. The van der Waals surface area contributed by atoms with Crippen molar-refractivity contribution in [2.45, 2.75) is 32.8 Å². The lowest BCUT2D eigenvalue weighted by Crippen LogP contribution is -2.31. The van der Waals surface area contributed by atoms with E-state index in [2.05, 4.69) is 5.32 Å². The second kappa shape index (κ2) is 7.65. The number of aromatic carboxylic acids is 1. The van der Waals surface area contributed by atoms with Gasteiger partial charge in [0.1, 0.15) is 0 Å². The van der Waals surface area contributed by atoms with E-state index in [1.165, 1.54) is 6.07 Å². The SMILES string of the molecule is CC(O)CC(C)CNC(=O)Cc1ccccc1C(=O)O. The third-order valence-corrected chi connectivity index (χ3v) is 2.99. The molecule has 3 N–H and O–H groups in total. The third-order valence-electron chi connectivity index (χ3n) is 2.99. The number of nitrogens with one attached hydrogen (secondary N) is 1. The van der Waals surface area contributed by atoms with Crippen LogP contribution in [0.5, 0.6) is 0 Å². The van der Waals surface area contributed by atoms with Gasteiger partial charge in [0.25, 0.3) is 0 Å². The Kier molecular flexibility index (Phi) is 6.18. The van der Waals surface area contributed by atoms with Crippen LogP contribution in [0, 0.1) is 5.92 Å². The van der Waals surface area contributed by atoms with Gasteiger partial charge in [-0.25, -0.2) is 4.79 Å². The Morgan fingerprint density at radius 2 is 1.90 bits per heavy atom. The Morgan fingerprint density at radius 3 is 2.50 bits per heavy atom. The smallest absolute Gasteiger partial charge is 0.335 e. The Balaban J connectivity index is 2.53. The molecule has 0 fully saturated rings. The molecule has 0 aliphatic rings. The van der Waals surface area contributed by atoms with E-state index in [4.69, 9.17) is 5.11 Å². The number of carbonyl (C=O) groups is 2. The maximum absolute atomic E-state index is 11.8. The van der Waals surface area contributed by atoms with Gasteiger partial charge in [-0.3, -0.25) is 4.79 Å². The first-order chi connectivity index (χ1) is 9.40. The van der Waals surface area contributed by atoms with Gasteiger partial charge in [-0.1, -0.05) is 25.1 Å². The monoisotopic (exact) mass is 279 g/mol. The van der Waals surface area contributed by atoms with E-state index in [1.807, 2.05) is 6.92 Å². The van der Waals surface area contributed by atoms with Gasteiger partial charge in [-0.05, 0) is 30.9 Å². The number of hydrogen-bond donors (Lipinski definition) is 3. The van der Waals surface area contributed by atoms with Gasteiger partial charge in [0, 0.05) is 6.54 Å². The summed E-state index contributed by atoms with van der Waals surface area (Å²) >= 11 is 0. The van der Waals surface area contributed by atoms with E-state index in [0.717, 1.165) is 0 Å². The quantitative estimate of drug-likeness (QED) is 0.705. The molecule has 0 aromatic heterocycles. The van der Waals surface area contributed by atoms with Crippen molar-refractivity contribution in [3.05, 3.63) is 35.4 Å². The van der Waals surface area contributed by atoms with Gasteiger partial charge in [0.05, 0.1) is 18.1 Å². The van der Waals surface area contributed by atoms with Gasteiger partial charge < -0.3 is 15.5 Å². The largest absolute Gasteiger partial charge is 0.478 e. The summed E-state index contributed by atoms with van der Waals surface area (Å²) in [5.74, 6) is -1.07. The molecule has 0 spiro atoms. The highest BCUT2D eigenvalue weighted by Crippen LogP contribution is 2.10. The first-order valence-electron chi connectivity index (χ1n) is 6.66. The molecular weight excluding hydrogens is 258 g/mol. The summed E-state index contributed by atoms with van der Waals surface area (Å²) in [4.78, 5) is 22.8. The summed E-state index contributed by atoms with van der Waals surface area (Å²) in [6.45, 7) is 4.12. The van der Waals surface area contributed by atoms with Crippen molar-refractivity contribution in [2.24, 2.45) is 5.92 Å². The Labute approximate surface area is 118 Å². The first kappa shape index (κ1) is 16.2. The van der Waals surface area contributed by atoms with Gasteiger partial charge in [0.2, 0.25) is 5.91 Å².